The summed E-state index contributed by atoms with van der Waals surface area (Å²) in [6, 6.07) is 6.72. The molecule has 1 saturated carbocycles. The Morgan fingerprint density at radius 1 is 1.42 bits per heavy atom. The van der Waals surface area contributed by atoms with Gasteiger partial charge < -0.3 is 19.7 Å². The van der Waals surface area contributed by atoms with Crippen LogP contribution in [0.3, 0.4) is 0 Å². The molecule has 0 radical (unpaired) electrons. The minimum absolute atomic E-state index is 0.258. The maximum atomic E-state index is 12.0. The van der Waals surface area contributed by atoms with Crippen molar-refractivity contribution in [3.63, 3.8) is 0 Å². The summed E-state index contributed by atoms with van der Waals surface area (Å²) >= 11 is 0. The largest absolute Gasteiger partial charge is 0.497 e. The molecule has 3 rings (SSSR count). The van der Waals surface area contributed by atoms with Gasteiger partial charge in [-0.05, 0) is 25.5 Å². The number of nitrogens with zero attached hydrogens (tertiary/aromatic N) is 2. The lowest BCUT2D eigenvalue weighted by Gasteiger charge is -2.08. The number of aliphatic carboxylic acids is 1. The fourth-order valence-corrected chi connectivity index (χ4v) is 2.43. The van der Waals surface area contributed by atoms with Gasteiger partial charge in [0, 0.05) is 5.56 Å². The van der Waals surface area contributed by atoms with E-state index in [-0.39, 0.29) is 11.8 Å². The molecule has 1 aliphatic carbocycles. The summed E-state index contributed by atoms with van der Waals surface area (Å²) < 4.78 is 10.4. The van der Waals surface area contributed by atoms with Gasteiger partial charge in [0.05, 0.1) is 18.9 Å². The summed E-state index contributed by atoms with van der Waals surface area (Å²) in [5.74, 6) is -1.00. The predicted octanol–water partition coefficient (Wildman–Crippen LogP) is 1.64. The highest BCUT2D eigenvalue weighted by Crippen LogP contribution is 2.39. The van der Waals surface area contributed by atoms with Gasteiger partial charge >= 0.3 is 5.97 Å². The third kappa shape index (κ3) is 3.22. The predicted molar refractivity (Wildman–Crippen MR) is 82.1 cm³/mol. The van der Waals surface area contributed by atoms with Crippen LogP contribution in [-0.2, 0) is 9.59 Å². The van der Waals surface area contributed by atoms with Crippen molar-refractivity contribution in [2.75, 3.05) is 7.11 Å². The van der Waals surface area contributed by atoms with E-state index in [1.165, 1.54) is 0 Å². The Bertz CT molecular complexity index is 773. The molecule has 0 aliphatic heterocycles. The van der Waals surface area contributed by atoms with Gasteiger partial charge in [0.1, 0.15) is 11.8 Å². The summed E-state index contributed by atoms with van der Waals surface area (Å²) in [5, 5.41) is 15.5. The van der Waals surface area contributed by atoms with E-state index in [9.17, 15) is 9.59 Å². The van der Waals surface area contributed by atoms with Gasteiger partial charge in [0.15, 0.2) is 0 Å². The van der Waals surface area contributed by atoms with Crippen molar-refractivity contribution >= 4 is 11.9 Å². The molecule has 0 unspecified atom stereocenters. The fourth-order valence-electron chi connectivity index (χ4n) is 2.43. The van der Waals surface area contributed by atoms with Gasteiger partial charge in [-0.25, -0.2) is 0 Å². The number of amides is 1. The van der Waals surface area contributed by atoms with Crippen molar-refractivity contribution < 1.29 is 24.0 Å². The van der Waals surface area contributed by atoms with E-state index < -0.39 is 23.8 Å². The smallest absolute Gasteiger partial charge is 0.307 e. The fraction of sp³-hybridized carbons (Fsp3) is 0.375. The first-order chi connectivity index (χ1) is 11.5. The van der Waals surface area contributed by atoms with Crippen LogP contribution in [0.2, 0.25) is 0 Å². The van der Waals surface area contributed by atoms with Crippen molar-refractivity contribution in [2.45, 2.75) is 19.4 Å². The number of methoxy groups -OCH3 is 1. The molecule has 1 aromatic carbocycles. The zero-order valence-electron chi connectivity index (χ0n) is 13.2. The molecule has 0 saturated heterocycles. The molecule has 8 nitrogen and oxygen atoms in total. The average Bonchev–Trinajstić information content (AvgIpc) is 3.24. The molecule has 0 spiro atoms. The van der Waals surface area contributed by atoms with Crippen LogP contribution in [0.25, 0.3) is 11.4 Å². The minimum atomic E-state index is -0.944. The van der Waals surface area contributed by atoms with Crippen LogP contribution in [0.15, 0.2) is 28.8 Å². The highest BCUT2D eigenvalue weighted by molar-refractivity contribution is 5.89. The number of carboxylic acid groups (broad SMARTS) is 1. The van der Waals surface area contributed by atoms with Gasteiger partial charge in [-0.1, -0.05) is 17.3 Å². The minimum Gasteiger partial charge on any atom is -0.497 e. The molecule has 1 aromatic heterocycles. The number of carbonyl (C=O) groups excluding carboxylic acids is 1. The van der Waals surface area contributed by atoms with E-state index in [0.717, 1.165) is 5.56 Å². The zero-order valence-corrected chi connectivity index (χ0v) is 13.2. The maximum Gasteiger partial charge on any atom is 0.307 e. The standard InChI is InChI=1S/C16H17N3O5/c1-8(17-14(20)11-7-12(11)16(21)22)15-18-13(19-24-15)9-4-3-5-10(6-9)23-2/h3-6,8,11-12H,7H2,1-2H3,(H,17,20)(H,21,22)/t8-,11+,12+/m0/s1. The zero-order chi connectivity index (χ0) is 17.3. The number of carboxylic acids is 1. The summed E-state index contributed by atoms with van der Waals surface area (Å²) in [6.07, 6.45) is 0.368. The van der Waals surface area contributed by atoms with E-state index in [0.29, 0.717) is 18.0 Å². The summed E-state index contributed by atoms with van der Waals surface area (Å²) in [7, 11) is 1.57. The SMILES string of the molecule is COc1cccc(-c2noc([C@H](C)NC(=O)[C@@H]3C[C@H]3C(=O)O)n2)c1. The second-order valence-corrected chi connectivity index (χ2v) is 5.71. The molecule has 126 valence electrons. The second kappa shape index (κ2) is 6.31. The molecule has 1 aliphatic rings. The molecule has 2 N–H and O–H groups in total. The molecule has 24 heavy (non-hydrogen) atoms. The van der Waals surface area contributed by atoms with Crippen molar-refractivity contribution in [1.82, 2.24) is 15.5 Å². The third-order valence-corrected chi connectivity index (χ3v) is 3.94. The Hall–Kier alpha value is -2.90. The number of hydrogen-bond acceptors (Lipinski definition) is 6. The topological polar surface area (TPSA) is 115 Å². The molecule has 8 heteroatoms. The van der Waals surface area contributed by atoms with E-state index in [4.69, 9.17) is 14.4 Å². The Kier molecular flexibility index (Phi) is 4.20. The quantitative estimate of drug-likeness (QED) is 0.827. The number of rotatable bonds is 6. The Morgan fingerprint density at radius 3 is 2.88 bits per heavy atom. The van der Waals surface area contributed by atoms with E-state index in [1.54, 1.807) is 20.1 Å². The first-order valence-electron chi connectivity index (χ1n) is 7.50. The molecule has 2 aromatic rings. The van der Waals surface area contributed by atoms with Crippen LogP contribution >= 0.6 is 0 Å². The highest BCUT2D eigenvalue weighted by atomic mass is 16.5. The lowest BCUT2D eigenvalue weighted by molar-refractivity contribution is -0.140. The summed E-state index contributed by atoms with van der Waals surface area (Å²) in [6.45, 7) is 1.71. The van der Waals surface area contributed by atoms with E-state index >= 15 is 0 Å². The average molecular weight is 331 g/mol. The normalized spacial score (nSPS) is 20.2. The van der Waals surface area contributed by atoms with Crippen molar-refractivity contribution in [2.24, 2.45) is 11.8 Å². The van der Waals surface area contributed by atoms with Crippen LogP contribution in [0.4, 0.5) is 0 Å². The second-order valence-electron chi connectivity index (χ2n) is 5.71. The molecule has 0 bridgehead atoms. The monoisotopic (exact) mass is 331 g/mol. The summed E-state index contributed by atoms with van der Waals surface area (Å²) in [4.78, 5) is 27.1. The molecule has 1 fully saturated rings. The van der Waals surface area contributed by atoms with Gasteiger partial charge in [0.25, 0.3) is 0 Å². The lowest BCUT2D eigenvalue weighted by atomic mass is 10.2. The Labute approximate surface area is 137 Å². The number of aromatic nitrogens is 2. The van der Waals surface area contributed by atoms with Crippen molar-refractivity contribution in [3.05, 3.63) is 30.2 Å². The number of nitrogens with one attached hydrogen (secondary N) is 1. The van der Waals surface area contributed by atoms with Crippen LogP contribution in [-0.4, -0.2) is 34.2 Å². The number of hydrogen-bond donors (Lipinski definition) is 2. The molecule has 1 heterocycles. The summed E-state index contributed by atoms with van der Waals surface area (Å²) in [5.41, 5.74) is 0.732. The molecule has 3 atom stereocenters. The maximum absolute atomic E-state index is 12.0. The van der Waals surface area contributed by atoms with Crippen LogP contribution in [0.1, 0.15) is 25.3 Å². The Morgan fingerprint density at radius 2 is 2.21 bits per heavy atom. The van der Waals surface area contributed by atoms with E-state index in [2.05, 4.69) is 15.5 Å². The number of benzene rings is 1. The van der Waals surface area contributed by atoms with Crippen molar-refractivity contribution in [1.29, 1.82) is 0 Å². The van der Waals surface area contributed by atoms with E-state index in [1.807, 2.05) is 18.2 Å². The van der Waals surface area contributed by atoms with Crippen LogP contribution in [0.5, 0.6) is 5.75 Å². The molecule has 1 amide bonds. The molecular formula is C16H17N3O5. The van der Waals surface area contributed by atoms with Crippen LogP contribution < -0.4 is 10.1 Å². The van der Waals surface area contributed by atoms with Crippen molar-refractivity contribution in [3.8, 4) is 17.1 Å². The highest BCUT2D eigenvalue weighted by Gasteiger charge is 2.48. The first kappa shape index (κ1) is 16.0. The molecular weight excluding hydrogens is 314 g/mol. The number of ether oxygens (including phenoxy) is 1. The van der Waals surface area contributed by atoms with Gasteiger partial charge in [0.2, 0.25) is 17.6 Å². The van der Waals surface area contributed by atoms with Gasteiger partial charge in [-0.3, -0.25) is 9.59 Å². The van der Waals surface area contributed by atoms with Gasteiger partial charge in [-0.2, -0.15) is 4.98 Å². The Balaban J connectivity index is 1.66. The van der Waals surface area contributed by atoms with Crippen LogP contribution in [0, 0.1) is 11.8 Å². The third-order valence-electron chi connectivity index (χ3n) is 3.94. The van der Waals surface area contributed by atoms with Gasteiger partial charge in [-0.15, -0.1) is 0 Å². The first-order valence-corrected chi connectivity index (χ1v) is 7.50. The number of carbonyl (C=O) groups is 2. The lowest BCUT2D eigenvalue weighted by Crippen LogP contribution is -2.29.